The van der Waals surface area contributed by atoms with Crippen LogP contribution in [0.3, 0.4) is 0 Å². The van der Waals surface area contributed by atoms with Gasteiger partial charge in [-0.05, 0) is 24.6 Å². The maximum atomic E-state index is 11.7. The van der Waals surface area contributed by atoms with Gasteiger partial charge in [0.05, 0.1) is 11.6 Å². The fourth-order valence-corrected chi connectivity index (χ4v) is 3.21. The Morgan fingerprint density at radius 2 is 2.33 bits per heavy atom. The van der Waals surface area contributed by atoms with Crippen LogP contribution in [-0.4, -0.2) is 27.8 Å². The summed E-state index contributed by atoms with van der Waals surface area (Å²) < 4.78 is 11.2. The molecule has 2 unspecified atom stereocenters. The molecule has 1 saturated heterocycles. The highest BCUT2D eigenvalue weighted by Gasteiger charge is 2.22. The van der Waals surface area contributed by atoms with Crippen LogP contribution in [0.25, 0.3) is 0 Å². The molecule has 0 aromatic heterocycles. The number of carbonyl (C=O) groups excluding carboxylic acids is 1. The van der Waals surface area contributed by atoms with Gasteiger partial charge in [0.25, 0.3) is 0 Å². The van der Waals surface area contributed by atoms with Crippen LogP contribution in [0.4, 0.5) is 10.5 Å². The van der Waals surface area contributed by atoms with Crippen LogP contribution in [-0.2, 0) is 10.8 Å². The highest BCUT2D eigenvalue weighted by molar-refractivity contribution is 7.85. The van der Waals surface area contributed by atoms with Gasteiger partial charge in [0.15, 0.2) is 0 Å². The first-order valence-electron chi connectivity index (χ1n) is 5.60. The van der Waals surface area contributed by atoms with Crippen molar-refractivity contribution in [2.24, 2.45) is 0 Å². The molecule has 1 fully saturated rings. The summed E-state index contributed by atoms with van der Waals surface area (Å²) >= 11 is 0. The molecule has 1 heterocycles. The molecular weight excluding hydrogens is 250 g/mol. The molecule has 18 heavy (non-hydrogen) atoms. The molecule has 2 N–H and O–H groups in total. The third-order valence-corrected chi connectivity index (χ3v) is 4.13. The largest absolute Gasteiger partial charge is 0.334 e. The summed E-state index contributed by atoms with van der Waals surface area (Å²) in [4.78, 5) is 11.7. The Morgan fingerprint density at radius 3 is 3.00 bits per heavy atom. The number of nitrogens with one attached hydrogen (secondary N) is 2. The van der Waals surface area contributed by atoms with Gasteiger partial charge < -0.3 is 10.6 Å². The smallest absolute Gasteiger partial charge is 0.319 e. The van der Waals surface area contributed by atoms with E-state index in [1.807, 2.05) is 6.07 Å². The van der Waals surface area contributed by atoms with E-state index in [9.17, 15) is 9.00 Å². The predicted octanol–water partition coefficient (Wildman–Crippen LogP) is 1.20. The molecule has 2 amide bonds. The topological polar surface area (TPSA) is 82.0 Å². The van der Waals surface area contributed by atoms with E-state index in [4.69, 9.17) is 5.26 Å². The van der Waals surface area contributed by atoms with Crippen LogP contribution in [0.1, 0.15) is 12.0 Å². The van der Waals surface area contributed by atoms with Crippen molar-refractivity contribution >= 4 is 22.5 Å². The number of nitrogens with zero attached hydrogens (tertiary/aromatic N) is 1. The Balaban J connectivity index is 1.91. The number of hydrogen-bond acceptors (Lipinski definition) is 3. The lowest BCUT2D eigenvalue weighted by molar-refractivity contribution is 0.249. The van der Waals surface area contributed by atoms with E-state index in [1.54, 1.807) is 24.3 Å². The zero-order valence-corrected chi connectivity index (χ0v) is 10.5. The molecule has 0 radical (unpaired) electrons. The highest BCUT2D eigenvalue weighted by Crippen LogP contribution is 2.11. The van der Waals surface area contributed by atoms with Crippen molar-refractivity contribution in [1.82, 2.24) is 5.32 Å². The second-order valence-corrected chi connectivity index (χ2v) is 5.71. The van der Waals surface area contributed by atoms with Crippen molar-refractivity contribution in [3.63, 3.8) is 0 Å². The quantitative estimate of drug-likeness (QED) is 0.841. The fourth-order valence-electron chi connectivity index (χ4n) is 1.80. The number of rotatable bonds is 2. The number of nitriles is 1. The normalized spacial score (nSPS) is 22.2. The average molecular weight is 263 g/mol. The Bertz CT molecular complexity index is 524. The molecule has 1 aromatic carbocycles. The Morgan fingerprint density at radius 1 is 1.50 bits per heavy atom. The fraction of sp³-hybridized carbons (Fsp3) is 0.333. The van der Waals surface area contributed by atoms with Gasteiger partial charge in [0.1, 0.15) is 0 Å². The van der Waals surface area contributed by atoms with Crippen LogP contribution in [0, 0.1) is 11.3 Å². The third kappa shape index (κ3) is 3.31. The molecule has 94 valence electrons. The van der Waals surface area contributed by atoms with Crippen LogP contribution in [0.15, 0.2) is 24.3 Å². The summed E-state index contributed by atoms with van der Waals surface area (Å²) in [6.07, 6.45) is 0.748. The van der Waals surface area contributed by atoms with Crippen molar-refractivity contribution in [2.75, 3.05) is 16.8 Å². The Hall–Kier alpha value is -1.87. The van der Waals surface area contributed by atoms with E-state index in [0.29, 0.717) is 22.8 Å². The molecule has 5 nitrogen and oxygen atoms in total. The molecule has 1 aromatic rings. The lowest BCUT2D eigenvalue weighted by Gasteiger charge is -2.12. The molecular formula is C12H13N3O2S. The van der Waals surface area contributed by atoms with E-state index < -0.39 is 10.8 Å². The Kier molecular flexibility index (Phi) is 3.95. The van der Waals surface area contributed by atoms with E-state index in [2.05, 4.69) is 10.6 Å². The van der Waals surface area contributed by atoms with Crippen LogP contribution in [0.2, 0.25) is 0 Å². The van der Waals surface area contributed by atoms with Crippen LogP contribution in [0.5, 0.6) is 0 Å². The minimum Gasteiger partial charge on any atom is -0.334 e. The lowest BCUT2D eigenvalue weighted by atomic mass is 10.2. The van der Waals surface area contributed by atoms with Gasteiger partial charge in [0, 0.05) is 34.0 Å². The van der Waals surface area contributed by atoms with E-state index in [0.717, 1.165) is 6.42 Å². The molecule has 1 aliphatic heterocycles. The lowest BCUT2D eigenvalue weighted by Crippen LogP contribution is -2.38. The summed E-state index contributed by atoms with van der Waals surface area (Å²) in [5, 5.41) is 14.2. The van der Waals surface area contributed by atoms with Crippen molar-refractivity contribution < 1.29 is 9.00 Å². The highest BCUT2D eigenvalue weighted by atomic mass is 32.2. The number of carbonyl (C=O) groups is 1. The number of benzene rings is 1. The van der Waals surface area contributed by atoms with Crippen molar-refractivity contribution in [3.05, 3.63) is 29.8 Å². The van der Waals surface area contributed by atoms with E-state index in [1.165, 1.54) is 0 Å². The van der Waals surface area contributed by atoms with Gasteiger partial charge in [-0.1, -0.05) is 6.07 Å². The van der Waals surface area contributed by atoms with E-state index in [-0.39, 0.29) is 12.1 Å². The standard InChI is InChI=1S/C12H13N3O2S/c13-7-9-2-1-3-10(6-9)14-12(16)15-11-4-5-18(17)8-11/h1-3,6,11H,4-5,8H2,(H2,14,15,16). The Labute approximate surface area is 108 Å². The minimum absolute atomic E-state index is 0.0232. The van der Waals surface area contributed by atoms with Crippen molar-refractivity contribution in [3.8, 4) is 6.07 Å². The number of anilines is 1. The zero-order chi connectivity index (χ0) is 13.0. The van der Waals surface area contributed by atoms with Crippen LogP contribution >= 0.6 is 0 Å². The van der Waals surface area contributed by atoms with Gasteiger partial charge in [0.2, 0.25) is 0 Å². The monoisotopic (exact) mass is 263 g/mol. The summed E-state index contributed by atoms with van der Waals surface area (Å²) in [5.41, 5.74) is 1.07. The molecule has 2 atom stereocenters. The number of urea groups is 1. The van der Waals surface area contributed by atoms with Gasteiger partial charge in [-0.25, -0.2) is 4.79 Å². The second kappa shape index (κ2) is 5.65. The first-order chi connectivity index (χ1) is 8.67. The van der Waals surface area contributed by atoms with Crippen molar-refractivity contribution in [2.45, 2.75) is 12.5 Å². The van der Waals surface area contributed by atoms with Gasteiger partial charge in [-0.2, -0.15) is 5.26 Å². The zero-order valence-electron chi connectivity index (χ0n) is 9.68. The second-order valence-electron chi connectivity index (χ2n) is 4.09. The number of amides is 2. The van der Waals surface area contributed by atoms with Gasteiger partial charge in [-0.15, -0.1) is 0 Å². The molecule has 0 aliphatic carbocycles. The SMILES string of the molecule is N#Cc1cccc(NC(=O)NC2CCS(=O)C2)c1. The van der Waals surface area contributed by atoms with Gasteiger partial charge >= 0.3 is 6.03 Å². The molecule has 1 aliphatic rings. The summed E-state index contributed by atoms with van der Waals surface area (Å²) in [6.45, 7) is 0. The molecule has 0 bridgehead atoms. The van der Waals surface area contributed by atoms with Gasteiger partial charge in [-0.3, -0.25) is 4.21 Å². The average Bonchev–Trinajstić information content (AvgIpc) is 2.74. The minimum atomic E-state index is -0.806. The molecule has 6 heteroatoms. The first kappa shape index (κ1) is 12.6. The summed E-state index contributed by atoms with van der Waals surface area (Å²) in [5.74, 6) is 1.17. The maximum absolute atomic E-state index is 11.7. The molecule has 2 rings (SSSR count). The first-order valence-corrected chi connectivity index (χ1v) is 7.09. The van der Waals surface area contributed by atoms with Crippen LogP contribution < -0.4 is 10.6 Å². The maximum Gasteiger partial charge on any atom is 0.319 e. The predicted molar refractivity (Wildman–Crippen MR) is 69.6 cm³/mol. The number of hydrogen-bond donors (Lipinski definition) is 2. The third-order valence-electron chi connectivity index (χ3n) is 2.67. The summed E-state index contributed by atoms with van der Waals surface area (Å²) in [7, 11) is -0.806. The van der Waals surface area contributed by atoms with Crippen molar-refractivity contribution in [1.29, 1.82) is 5.26 Å². The van der Waals surface area contributed by atoms with E-state index >= 15 is 0 Å². The molecule has 0 spiro atoms. The molecule has 0 saturated carbocycles. The summed E-state index contributed by atoms with van der Waals surface area (Å²) in [6, 6.07) is 8.36.